The Balaban J connectivity index is 1.36. The highest BCUT2D eigenvalue weighted by molar-refractivity contribution is 5.90. The number of para-hydroxylation sites is 1. The quantitative estimate of drug-likeness (QED) is 0.0747. The second kappa shape index (κ2) is 26.6. The Morgan fingerprint density at radius 2 is 1.44 bits per heavy atom. The van der Waals surface area contributed by atoms with Crippen molar-refractivity contribution in [2.75, 3.05) is 27.8 Å². The van der Waals surface area contributed by atoms with Crippen LogP contribution in [0.3, 0.4) is 0 Å². The summed E-state index contributed by atoms with van der Waals surface area (Å²) in [7, 11) is 5.34. The number of rotatable bonds is 15. The second-order valence-electron chi connectivity index (χ2n) is 23.1. The molecular weight excluding hydrogens is 1020 g/mol. The highest BCUT2D eigenvalue weighted by Crippen LogP contribution is 2.43. The number of carbonyl (C=O) groups excluding carboxylic acids is 3. The zero-order valence-corrected chi connectivity index (χ0v) is 48.8. The van der Waals surface area contributed by atoms with E-state index in [9.17, 15) is 25.2 Å². The van der Waals surface area contributed by atoms with Crippen LogP contribution in [0.4, 0.5) is 0 Å². The van der Waals surface area contributed by atoms with Crippen molar-refractivity contribution in [3.05, 3.63) is 120 Å². The molecule has 0 saturated carbocycles. The molecule has 0 bridgehead atoms. The lowest BCUT2D eigenvalue weighted by atomic mass is 9.73. The van der Waals surface area contributed by atoms with Crippen molar-refractivity contribution >= 4 is 40.6 Å². The number of ether oxygens (including phenoxy) is 9. The molecule has 80 heavy (non-hydrogen) atoms. The van der Waals surface area contributed by atoms with E-state index in [1.165, 1.54) is 14.0 Å². The lowest BCUT2D eigenvalue weighted by molar-refractivity contribution is -0.319. The molecule has 0 unspecified atom stereocenters. The lowest BCUT2D eigenvalue weighted by Crippen LogP contribution is -2.62. The molecule has 1 aromatic heterocycles. The molecule has 4 aromatic rings. The molecule has 18 atom stereocenters. The molecule has 17 heteroatoms. The first kappa shape index (κ1) is 62.1. The van der Waals surface area contributed by atoms with Gasteiger partial charge in [0, 0.05) is 42.7 Å². The number of carbonyl (C=O) groups is 3. The predicted molar refractivity (Wildman–Crippen MR) is 303 cm³/mol. The minimum atomic E-state index is -1.99. The van der Waals surface area contributed by atoms with E-state index in [4.69, 9.17) is 42.6 Å². The van der Waals surface area contributed by atoms with Gasteiger partial charge in [-0.05, 0) is 123 Å². The van der Waals surface area contributed by atoms with Gasteiger partial charge in [0.05, 0.1) is 71.3 Å². The summed E-state index contributed by atoms with van der Waals surface area (Å²) in [5, 5.41) is 34.9. The fourth-order valence-corrected chi connectivity index (χ4v) is 12.0. The SMILES string of the molecule is CC[C@H]1OC(=O)[C@H](C)[C@@H](O[C@H]2C[C@@](C)(OC)[C@@H](OC(=O)c3ccccc3)[C@H](C)O2)[C@H](C)[C@@H](O[C@@H]2O[C@H](C)C[C@H](N(C)C)[C@H]2OC(=O)c2ccccc2)[C@@](C)(OC/C=C/c2cnc3ccccc3c2)C[C@@H](C)C(=N)[C@H](C)[C@@H](O)[C@]1(C)O. The Labute approximate surface area is 472 Å². The second-order valence-corrected chi connectivity index (χ2v) is 23.1. The molecule has 3 N–H and O–H groups in total. The molecule has 3 aliphatic rings. The number of aliphatic hydroxyl groups is 2. The van der Waals surface area contributed by atoms with Gasteiger partial charge in [0.2, 0.25) is 0 Å². The number of aromatic nitrogens is 1. The van der Waals surface area contributed by atoms with E-state index in [1.807, 2.05) is 108 Å². The molecule has 0 radical (unpaired) electrons. The van der Waals surface area contributed by atoms with Crippen molar-refractivity contribution in [3.63, 3.8) is 0 Å². The average Bonchev–Trinajstić information content (AvgIpc) is 3.44. The van der Waals surface area contributed by atoms with Crippen LogP contribution in [-0.2, 0) is 47.4 Å². The first-order chi connectivity index (χ1) is 37.9. The van der Waals surface area contributed by atoms with Gasteiger partial charge in [-0.25, -0.2) is 9.59 Å². The van der Waals surface area contributed by atoms with E-state index in [1.54, 1.807) is 82.4 Å². The summed E-state index contributed by atoms with van der Waals surface area (Å²) in [6.45, 7) is 17.7. The summed E-state index contributed by atoms with van der Waals surface area (Å²) in [6.07, 6.45) is -4.06. The third kappa shape index (κ3) is 14.2. The van der Waals surface area contributed by atoms with Crippen LogP contribution in [-0.4, -0.2) is 156 Å². The predicted octanol–water partition coefficient (Wildman–Crippen LogP) is 9.25. The largest absolute Gasteiger partial charge is 0.459 e. The van der Waals surface area contributed by atoms with Crippen molar-refractivity contribution in [2.45, 2.75) is 179 Å². The molecule has 4 heterocycles. The van der Waals surface area contributed by atoms with Crippen LogP contribution >= 0.6 is 0 Å². The summed E-state index contributed by atoms with van der Waals surface area (Å²) in [5.74, 6) is -5.41. The maximum absolute atomic E-state index is 15.0. The van der Waals surface area contributed by atoms with Crippen LogP contribution in [0.25, 0.3) is 17.0 Å². The molecule has 0 amide bonds. The van der Waals surface area contributed by atoms with Gasteiger partial charge in [-0.3, -0.25) is 9.78 Å². The average molecular weight is 1110 g/mol. The number of fused-ring (bicyclic) bond motifs is 1. The van der Waals surface area contributed by atoms with Crippen LogP contribution in [0.1, 0.15) is 121 Å². The van der Waals surface area contributed by atoms with E-state index < -0.39 is 120 Å². The number of esters is 3. The van der Waals surface area contributed by atoms with Crippen LogP contribution in [0.5, 0.6) is 0 Å². The van der Waals surface area contributed by atoms with Crippen LogP contribution < -0.4 is 0 Å². The summed E-state index contributed by atoms with van der Waals surface area (Å²) in [6, 6.07) is 26.8. The van der Waals surface area contributed by atoms with Gasteiger partial charge in [0.15, 0.2) is 24.8 Å². The van der Waals surface area contributed by atoms with Crippen molar-refractivity contribution in [1.82, 2.24) is 9.88 Å². The van der Waals surface area contributed by atoms with Gasteiger partial charge in [-0.15, -0.1) is 0 Å². The normalized spacial score (nSPS) is 35.8. The number of hydrogen-bond acceptors (Lipinski definition) is 17. The standard InChI is InChI=1S/C63H85N3O14/c1-14-49-63(10,71)54(67)39(4)51(64)37(2)34-62(9,73-31-23-24-43-33-46-29-21-22-30-47(46)65-36-43)55(80-60-53(48(66(11)12)32-38(3)74-60)78-58(69)44-25-17-15-18-26-44)40(5)52(41(6)57(68)76-49)77-50-35-61(8,72-13)56(42(7)75-50)79-59(70)45-27-19-16-20-28-45/h15-30,33,36-42,48-50,52-56,60,64,67,71H,14,31-32,34-35H2,1-13H3/b24-23+,64-51?/t37-,38-,39+,40+,41-,42+,48+,49-,50+,52+,53-,54-,55-,56+,60+,61-,62+,63-/m1/s1. The number of nitrogens with one attached hydrogen (secondary N) is 1. The van der Waals surface area contributed by atoms with Crippen LogP contribution in [0.2, 0.25) is 0 Å². The smallest absolute Gasteiger partial charge is 0.338 e. The topological polar surface area (TPSA) is 215 Å². The Hall–Kier alpha value is -5.47. The number of cyclic esters (lactones) is 1. The zero-order chi connectivity index (χ0) is 58.3. The molecular formula is C63H85N3O14. The Morgan fingerprint density at radius 3 is 2.06 bits per heavy atom. The van der Waals surface area contributed by atoms with E-state index >= 15 is 4.79 Å². The van der Waals surface area contributed by atoms with Gasteiger partial charge in [0.25, 0.3) is 0 Å². The highest BCUT2D eigenvalue weighted by Gasteiger charge is 2.55. The molecule has 17 nitrogen and oxygen atoms in total. The van der Waals surface area contributed by atoms with E-state index in [-0.39, 0.29) is 37.7 Å². The number of methoxy groups -OCH3 is 1. The van der Waals surface area contributed by atoms with Crippen molar-refractivity contribution in [3.8, 4) is 0 Å². The first-order valence-electron chi connectivity index (χ1n) is 28.1. The van der Waals surface area contributed by atoms with Gasteiger partial charge < -0.3 is 63.2 Å². The van der Waals surface area contributed by atoms with Crippen molar-refractivity contribution in [1.29, 1.82) is 5.41 Å². The summed E-state index contributed by atoms with van der Waals surface area (Å²) in [5.41, 5.74) is -2.07. The minimum Gasteiger partial charge on any atom is -0.459 e. The third-order valence-electron chi connectivity index (χ3n) is 16.7. The minimum absolute atomic E-state index is 0.0252. The van der Waals surface area contributed by atoms with E-state index in [0.29, 0.717) is 17.5 Å². The van der Waals surface area contributed by atoms with Crippen molar-refractivity contribution < 1.29 is 67.2 Å². The van der Waals surface area contributed by atoms with E-state index in [0.717, 1.165) is 16.5 Å². The molecule has 0 spiro atoms. The highest BCUT2D eigenvalue weighted by atomic mass is 16.7. The van der Waals surface area contributed by atoms with Crippen LogP contribution in [0.15, 0.2) is 103 Å². The molecule has 0 aliphatic carbocycles. The van der Waals surface area contributed by atoms with Gasteiger partial charge in [-0.2, -0.15) is 0 Å². The van der Waals surface area contributed by atoms with Crippen molar-refractivity contribution in [2.24, 2.45) is 23.7 Å². The molecule has 3 fully saturated rings. The number of hydrogen-bond donors (Lipinski definition) is 3. The molecule has 436 valence electrons. The lowest BCUT2D eigenvalue weighted by Gasteiger charge is -2.50. The maximum atomic E-state index is 15.0. The summed E-state index contributed by atoms with van der Waals surface area (Å²) in [4.78, 5) is 49.3. The fourth-order valence-electron chi connectivity index (χ4n) is 12.0. The van der Waals surface area contributed by atoms with Gasteiger partial charge >= 0.3 is 17.9 Å². The Kier molecular flexibility index (Phi) is 20.7. The van der Waals surface area contributed by atoms with Gasteiger partial charge in [0.1, 0.15) is 17.3 Å². The number of pyridine rings is 1. The van der Waals surface area contributed by atoms with Crippen LogP contribution in [0, 0.1) is 29.1 Å². The molecule has 3 aromatic carbocycles. The fraction of sp³-hybridized carbons (Fsp3) is 0.571. The van der Waals surface area contributed by atoms with Gasteiger partial charge in [-0.1, -0.05) is 94.4 Å². The number of aliphatic hydroxyl groups excluding tert-OH is 1. The number of likely N-dealkylation sites (N-methyl/N-ethyl adjacent to an activating group) is 1. The molecule has 3 aliphatic heterocycles. The Morgan fingerprint density at radius 1 is 0.812 bits per heavy atom. The number of nitrogens with zero attached hydrogens (tertiary/aromatic N) is 2. The summed E-state index contributed by atoms with van der Waals surface area (Å²) >= 11 is 0. The molecule has 3 saturated heterocycles. The molecule has 7 rings (SSSR count). The maximum Gasteiger partial charge on any atom is 0.338 e. The Bertz CT molecular complexity index is 2740. The zero-order valence-electron chi connectivity index (χ0n) is 48.8. The number of benzene rings is 3. The monoisotopic (exact) mass is 1110 g/mol. The summed E-state index contributed by atoms with van der Waals surface area (Å²) < 4.78 is 60.3. The third-order valence-corrected chi connectivity index (χ3v) is 16.7. The first-order valence-corrected chi connectivity index (χ1v) is 28.1. The van der Waals surface area contributed by atoms with E-state index in [2.05, 4.69) is 4.98 Å².